The van der Waals surface area contributed by atoms with Gasteiger partial charge in [-0.1, -0.05) is 6.07 Å². The molecule has 3 aliphatic rings. The first-order valence-corrected chi connectivity index (χ1v) is 12.7. The van der Waals surface area contributed by atoms with E-state index in [2.05, 4.69) is 0 Å². The van der Waals surface area contributed by atoms with Gasteiger partial charge in [-0.25, -0.2) is 13.2 Å². The zero-order chi connectivity index (χ0) is 24.4. The summed E-state index contributed by atoms with van der Waals surface area (Å²) >= 11 is 1.88. The van der Waals surface area contributed by atoms with Crippen molar-refractivity contribution in [3.63, 3.8) is 0 Å². The highest BCUT2D eigenvalue weighted by atomic mass is 127. The molecule has 2 aliphatic carbocycles. The van der Waals surface area contributed by atoms with Crippen LogP contribution < -0.4 is 4.74 Å². The van der Waals surface area contributed by atoms with Crippen molar-refractivity contribution in [3.8, 4) is 11.5 Å². The van der Waals surface area contributed by atoms with E-state index >= 15 is 0 Å². The Morgan fingerprint density at radius 1 is 1.12 bits per heavy atom. The van der Waals surface area contributed by atoms with Gasteiger partial charge in [0.05, 0.1) is 20.3 Å². The van der Waals surface area contributed by atoms with Gasteiger partial charge in [-0.15, -0.1) is 0 Å². The highest BCUT2D eigenvalue weighted by Gasteiger charge is 2.70. The van der Waals surface area contributed by atoms with Gasteiger partial charge in [0, 0.05) is 11.8 Å². The molecule has 1 heterocycles. The van der Waals surface area contributed by atoms with Crippen molar-refractivity contribution >= 4 is 50.6 Å². The van der Waals surface area contributed by atoms with E-state index in [0.717, 1.165) is 12.1 Å². The molecule has 178 valence electrons. The number of halogens is 1. The van der Waals surface area contributed by atoms with E-state index in [-0.39, 0.29) is 23.0 Å². The zero-order valence-corrected chi connectivity index (χ0v) is 20.1. The number of carbonyl (C=O) groups is 3. The molecule has 2 aromatic rings. The minimum absolute atomic E-state index is 0.000385. The number of carbonyl (C=O) groups excluding carboxylic acids is 3. The third-order valence-electron chi connectivity index (χ3n) is 6.60. The number of phenolic OH excluding ortho intramolecular Hbond substituents is 1. The Hall–Kier alpha value is -2.71. The Labute approximate surface area is 207 Å². The summed E-state index contributed by atoms with van der Waals surface area (Å²) in [5.74, 6) is -4.84. The average molecular weight is 599 g/mol. The van der Waals surface area contributed by atoms with Gasteiger partial charge < -0.3 is 23.9 Å². The number of fused-ring (bicyclic) bond motifs is 1. The van der Waals surface area contributed by atoms with Gasteiger partial charge in [0.25, 0.3) is 0 Å². The maximum absolute atomic E-state index is 13.0. The van der Waals surface area contributed by atoms with Gasteiger partial charge in [0.15, 0.2) is 0 Å². The third-order valence-corrected chi connectivity index (χ3v) is 8.32. The topological polar surface area (TPSA) is 156 Å². The summed E-state index contributed by atoms with van der Waals surface area (Å²) in [7, 11) is -4.65. The van der Waals surface area contributed by atoms with Crippen LogP contribution >= 0.6 is 22.6 Å². The maximum Gasteiger partial charge on any atom is 0.342 e. The second kappa shape index (κ2) is 8.20. The summed E-state index contributed by atoms with van der Waals surface area (Å²) in [5.41, 5.74) is -0.0388. The van der Waals surface area contributed by atoms with Crippen LogP contribution in [-0.4, -0.2) is 48.2 Å². The number of benzene rings is 2. The Morgan fingerprint density at radius 3 is 2.50 bits per heavy atom. The standard InChI is InChI=1S/C22H17IO10S/c23-14-3-1-2-11(17(14)24)20(25)32-18-12-8-13-16(22(27)33-19(13)18)15(12)21(26)31-9-4-6-10(7-5-9)34(28,29)30/h1-7,12-13,15-16,18-19,24H,8H2,(H,28,29,30)/p-1. The molecule has 5 rings (SSSR count). The number of phenols is 1. The Balaban J connectivity index is 1.36. The summed E-state index contributed by atoms with van der Waals surface area (Å²) in [6.45, 7) is 0. The molecule has 0 aromatic heterocycles. The van der Waals surface area contributed by atoms with Crippen molar-refractivity contribution in [2.24, 2.45) is 23.7 Å². The molecule has 10 nitrogen and oxygen atoms in total. The summed E-state index contributed by atoms with van der Waals surface area (Å²) in [6.07, 6.45) is -1.14. The van der Waals surface area contributed by atoms with Crippen molar-refractivity contribution in [1.29, 1.82) is 0 Å². The lowest BCUT2D eigenvalue weighted by molar-refractivity contribution is -0.149. The smallest absolute Gasteiger partial charge is 0.342 e. The monoisotopic (exact) mass is 599 g/mol. The Kier molecular flexibility index (Phi) is 5.56. The molecule has 0 radical (unpaired) electrons. The first kappa shape index (κ1) is 23.1. The fraction of sp³-hybridized carbons (Fsp3) is 0.318. The van der Waals surface area contributed by atoms with Crippen LogP contribution in [0.25, 0.3) is 0 Å². The van der Waals surface area contributed by atoms with E-state index in [4.69, 9.17) is 14.2 Å². The molecule has 2 saturated carbocycles. The zero-order valence-electron chi connectivity index (χ0n) is 17.1. The molecular formula is C22H16IO10S-. The largest absolute Gasteiger partial charge is 0.744 e. The van der Waals surface area contributed by atoms with Gasteiger partial charge in [0.2, 0.25) is 0 Å². The Bertz CT molecular complexity index is 1310. The molecule has 1 N–H and O–H groups in total. The molecule has 2 aromatic carbocycles. The van der Waals surface area contributed by atoms with Crippen LogP contribution in [0.5, 0.6) is 11.5 Å². The normalized spacial score (nSPS) is 29.1. The lowest BCUT2D eigenvalue weighted by Crippen LogP contribution is -2.44. The number of hydrogen-bond acceptors (Lipinski definition) is 10. The van der Waals surface area contributed by atoms with Crippen LogP contribution in [0.3, 0.4) is 0 Å². The van der Waals surface area contributed by atoms with E-state index in [1.165, 1.54) is 18.2 Å². The van der Waals surface area contributed by atoms with Gasteiger partial charge in [-0.3, -0.25) is 9.59 Å². The minimum Gasteiger partial charge on any atom is -0.744 e. The highest BCUT2D eigenvalue weighted by molar-refractivity contribution is 14.1. The number of hydrogen-bond donors (Lipinski definition) is 1. The van der Waals surface area contributed by atoms with E-state index < -0.39 is 62.9 Å². The molecule has 0 amide bonds. The van der Waals surface area contributed by atoms with E-state index in [0.29, 0.717) is 9.99 Å². The number of aromatic hydroxyl groups is 1. The van der Waals surface area contributed by atoms with Crippen LogP contribution in [0.2, 0.25) is 0 Å². The molecule has 3 fully saturated rings. The van der Waals surface area contributed by atoms with Crippen molar-refractivity contribution in [1.82, 2.24) is 0 Å². The number of ether oxygens (including phenoxy) is 3. The first-order chi connectivity index (χ1) is 16.1. The summed E-state index contributed by atoms with van der Waals surface area (Å²) in [6, 6.07) is 9.00. The van der Waals surface area contributed by atoms with E-state index in [9.17, 15) is 32.5 Å². The lowest BCUT2D eigenvalue weighted by atomic mass is 9.78. The number of rotatable bonds is 5. The molecular weight excluding hydrogens is 583 g/mol. The van der Waals surface area contributed by atoms with Crippen LogP contribution in [0.15, 0.2) is 47.4 Å². The predicted molar refractivity (Wildman–Crippen MR) is 119 cm³/mol. The van der Waals surface area contributed by atoms with Gasteiger partial charge in [-0.2, -0.15) is 0 Å². The summed E-state index contributed by atoms with van der Waals surface area (Å²) in [5, 5.41) is 10.2. The third kappa shape index (κ3) is 3.73. The molecule has 1 saturated heterocycles. The quantitative estimate of drug-likeness (QED) is 0.233. The summed E-state index contributed by atoms with van der Waals surface area (Å²) in [4.78, 5) is 37.8. The maximum atomic E-state index is 13.0. The molecule has 6 unspecified atom stereocenters. The minimum atomic E-state index is -4.65. The molecule has 12 heteroatoms. The highest BCUT2D eigenvalue weighted by Crippen LogP contribution is 2.59. The van der Waals surface area contributed by atoms with E-state index in [1.807, 2.05) is 22.6 Å². The van der Waals surface area contributed by atoms with Gasteiger partial charge in [0.1, 0.15) is 39.4 Å². The van der Waals surface area contributed by atoms with Crippen molar-refractivity contribution in [2.75, 3.05) is 0 Å². The predicted octanol–water partition coefficient (Wildman–Crippen LogP) is 1.84. The van der Waals surface area contributed by atoms with Crippen molar-refractivity contribution in [3.05, 3.63) is 51.6 Å². The summed E-state index contributed by atoms with van der Waals surface area (Å²) < 4.78 is 50.1. The van der Waals surface area contributed by atoms with Gasteiger partial charge in [-0.05, 0) is 65.4 Å². The van der Waals surface area contributed by atoms with Crippen LogP contribution in [-0.2, 0) is 29.2 Å². The van der Waals surface area contributed by atoms with Crippen LogP contribution in [0, 0.1) is 27.2 Å². The SMILES string of the molecule is O=C(OC1C2CC3C1OC(=O)C3C2C(=O)Oc1ccc(S(=O)(=O)[O-])cc1)c1cccc(I)c1O. The second-order valence-corrected chi connectivity index (χ2v) is 10.9. The van der Waals surface area contributed by atoms with Crippen molar-refractivity contribution in [2.45, 2.75) is 23.5 Å². The molecule has 6 atom stereocenters. The first-order valence-electron chi connectivity index (χ1n) is 10.2. The number of para-hydroxylation sites is 1. The fourth-order valence-electron chi connectivity index (χ4n) is 5.19. The van der Waals surface area contributed by atoms with Crippen LogP contribution in [0.1, 0.15) is 16.8 Å². The lowest BCUT2D eigenvalue weighted by Gasteiger charge is -2.30. The van der Waals surface area contributed by atoms with Crippen molar-refractivity contribution < 1.29 is 46.7 Å². The molecule has 1 aliphatic heterocycles. The molecule has 2 bridgehead atoms. The molecule has 34 heavy (non-hydrogen) atoms. The number of esters is 3. The second-order valence-electron chi connectivity index (χ2n) is 8.37. The average Bonchev–Trinajstić information content (AvgIpc) is 3.39. The Morgan fingerprint density at radius 2 is 1.82 bits per heavy atom. The van der Waals surface area contributed by atoms with E-state index in [1.54, 1.807) is 12.1 Å². The fourth-order valence-corrected chi connectivity index (χ4v) is 6.16. The van der Waals surface area contributed by atoms with Gasteiger partial charge >= 0.3 is 17.9 Å². The van der Waals surface area contributed by atoms with Crippen LogP contribution in [0.4, 0.5) is 0 Å². The molecule has 0 spiro atoms.